The number of amides is 1. The molecule has 1 atom stereocenters. The zero-order valence-electron chi connectivity index (χ0n) is 14.9. The third kappa shape index (κ3) is 4.36. The van der Waals surface area contributed by atoms with Crippen LogP contribution in [0.1, 0.15) is 24.5 Å². The van der Waals surface area contributed by atoms with Crippen molar-refractivity contribution in [2.75, 3.05) is 11.5 Å². The van der Waals surface area contributed by atoms with Crippen molar-refractivity contribution < 1.29 is 27.2 Å². The third-order valence-electron chi connectivity index (χ3n) is 4.46. The Morgan fingerprint density at radius 2 is 2.07 bits per heavy atom. The van der Waals surface area contributed by atoms with Gasteiger partial charge >= 0.3 is 11.6 Å². The summed E-state index contributed by atoms with van der Waals surface area (Å²) < 4.78 is 33.2. The van der Waals surface area contributed by atoms with Crippen molar-refractivity contribution in [1.82, 2.24) is 5.32 Å². The molecule has 0 bridgehead atoms. The molecule has 2 heterocycles. The number of sulfone groups is 1. The predicted octanol–water partition coefficient (Wildman–Crippen LogP) is 0.873. The van der Waals surface area contributed by atoms with E-state index in [2.05, 4.69) is 5.32 Å². The molecule has 0 radical (unpaired) electrons. The minimum Gasteiger partial charge on any atom is -0.427 e. The standard InChI is InChI=1S/C18H19NO7S/c1-10-14-4-3-13(25-11(2)20)7-16(14)26-18(22)15(10)8-17(21)19-12-5-6-27(23,24)9-12/h3-4,7,12H,5-6,8-9H2,1-2H3,(H,19,21)/t12-/m1/s1. The summed E-state index contributed by atoms with van der Waals surface area (Å²) in [6.07, 6.45) is 0.171. The van der Waals surface area contributed by atoms with E-state index in [-0.39, 0.29) is 34.8 Å². The highest BCUT2D eigenvalue weighted by molar-refractivity contribution is 7.91. The summed E-state index contributed by atoms with van der Waals surface area (Å²) in [5.74, 6) is -0.688. The lowest BCUT2D eigenvalue weighted by Crippen LogP contribution is -2.37. The van der Waals surface area contributed by atoms with Crippen molar-refractivity contribution in [3.63, 3.8) is 0 Å². The molecule has 0 saturated carbocycles. The van der Waals surface area contributed by atoms with Crippen molar-refractivity contribution in [3.8, 4) is 5.75 Å². The summed E-state index contributed by atoms with van der Waals surface area (Å²) in [4.78, 5) is 35.6. The van der Waals surface area contributed by atoms with Gasteiger partial charge in [0.25, 0.3) is 0 Å². The fraction of sp³-hybridized carbons (Fsp3) is 0.389. The number of benzene rings is 1. The Balaban J connectivity index is 1.83. The summed E-state index contributed by atoms with van der Waals surface area (Å²) >= 11 is 0. The van der Waals surface area contributed by atoms with Gasteiger partial charge < -0.3 is 14.5 Å². The number of fused-ring (bicyclic) bond motifs is 1. The van der Waals surface area contributed by atoms with E-state index in [1.807, 2.05) is 0 Å². The van der Waals surface area contributed by atoms with Gasteiger partial charge in [0.05, 0.1) is 23.5 Å². The molecule has 9 heteroatoms. The first-order chi connectivity index (χ1) is 12.6. The van der Waals surface area contributed by atoms with E-state index >= 15 is 0 Å². The Labute approximate surface area is 155 Å². The number of ether oxygens (including phenoxy) is 1. The van der Waals surface area contributed by atoms with Gasteiger partial charge in [0.2, 0.25) is 5.91 Å². The van der Waals surface area contributed by atoms with Gasteiger partial charge in [0.1, 0.15) is 11.3 Å². The zero-order valence-corrected chi connectivity index (χ0v) is 15.7. The van der Waals surface area contributed by atoms with Crippen LogP contribution in [0.3, 0.4) is 0 Å². The minimum absolute atomic E-state index is 0.0553. The largest absolute Gasteiger partial charge is 0.427 e. The SMILES string of the molecule is CC(=O)Oc1ccc2c(C)c(CC(=O)N[C@@H]3CCS(=O)(=O)C3)c(=O)oc2c1. The Morgan fingerprint density at radius 1 is 1.33 bits per heavy atom. The van der Waals surface area contributed by atoms with Crippen LogP contribution >= 0.6 is 0 Å². The molecular formula is C18H19NO7S. The molecule has 1 fully saturated rings. The molecule has 27 heavy (non-hydrogen) atoms. The molecule has 1 saturated heterocycles. The number of hydrogen-bond donors (Lipinski definition) is 1. The van der Waals surface area contributed by atoms with Crippen molar-refractivity contribution in [2.24, 2.45) is 0 Å². The number of carbonyl (C=O) groups excluding carboxylic acids is 2. The summed E-state index contributed by atoms with van der Waals surface area (Å²) in [6, 6.07) is 4.24. The molecule has 8 nitrogen and oxygen atoms in total. The van der Waals surface area contributed by atoms with Gasteiger partial charge in [0.15, 0.2) is 9.84 Å². The zero-order chi connectivity index (χ0) is 19.8. The summed E-state index contributed by atoms with van der Waals surface area (Å²) in [5, 5.41) is 3.28. The predicted molar refractivity (Wildman–Crippen MR) is 97.4 cm³/mol. The van der Waals surface area contributed by atoms with Gasteiger partial charge in [0, 0.05) is 24.4 Å². The lowest BCUT2D eigenvalue weighted by atomic mass is 10.0. The molecule has 1 N–H and O–H groups in total. The maximum absolute atomic E-state index is 12.3. The third-order valence-corrected chi connectivity index (χ3v) is 6.22. The number of aryl methyl sites for hydroxylation is 1. The summed E-state index contributed by atoms with van der Waals surface area (Å²) in [7, 11) is -3.10. The van der Waals surface area contributed by atoms with Gasteiger partial charge in [-0.2, -0.15) is 0 Å². The molecule has 1 aliphatic heterocycles. The average Bonchev–Trinajstić information content (AvgIpc) is 2.89. The van der Waals surface area contributed by atoms with Gasteiger partial charge in [-0.05, 0) is 31.0 Å². The highest BCUT2D eigenvalue weighted by Gasteiger charge is 2.29. The summed E-state index contributed by atoms with van der Waals surface area (Å²) in [5.41, 5.74) is 0.391. The molecule has 0 aliphatic carbocycles. The van der Waals surface area contributed by atoms with E-state index < -0.39 is 33.4 Å². The fourth-order valence-electron chi connectivity index (χ4n) is 3.16. The van der Waals surface area contributed by atoms with Crippen LogP contribution in [0.5, 0.6) is 5.75 Å². The highest BCUT2D eigenvalue weighted by atomic mass is 32.2. The molecule has 0 unspecified atom stereocenters. The van der Waals surface area contributed by atoms with Crippen LogP contribution in [0, 0.1) is 6.92 Å². The van der Waals surface area contributed by atoms with Crippen LogP contribution in [-0.4, -0.2) is 37.8 Å². The first-order valence-corrected chi connectivity index (χ1v) is 10.2. The second-order valence-electron chi connectivity index (χ2n) is 6.59. The molecule has 1 aromatic carbocycles. The number of carbonyl (C=O) groups is 2. The normalized spacial score (nSPS) is 18.4. The lowest BCUT2D eigenvalue weighted by molar-refractivity contribution is -0.131. The van der Waals surface area contributed by atoms with E-state index in [9.17, 15) is 22.8 Å². The Hall–Kier alpha value is -2.68. The fourth-order valence-corrected chi connectivity index (χ4v) is 4.83. The monoisotopic (exact) mass is 393 g/mol. The van der Waals surface area contributed by atoms with Gasteiger partial charge in [-0.25, -0.2) is 13.2 Å². The van der Waals surface area contributed by atoms with Crippen LogP contribution in [0.2, 0.25) is 0 Å². The molecule has 2 aromatic rings. The second-order valence-corrected chi connectivity index (χ2v) is 8.82. The van der Waals surface area contributed by atoms with Crippen LogP contribution < -0.4 is 15.7 Å². The maximum atomic E-state index is 12.3. The Kier molecular flexibility index (Phi) is 5.05. The summed E-state index contributed by atoms with van der Waals surface area (Å²) in [6.45, 7) is 2.97. The molecule has 1 amide bonds. The molecule has 0 spiro atoms. The van der Waals surface area contributed by atoms with Crippen molar-refractivity contribution >= 4 is 32.7 Å². The first kappa shape index (κ1) is 19.1. The van der Waals surface area contributed by atoms with E-state index in [0.717, 1.165) is 0 Å². The molecule has 1 aromatic heterocycles. The molecule has 144 valence electrons. The maximum Gasteiger partial charge on any atom is 0.340 e. The van der Waals surface area contributed by atoms with Crippen molar-refractivity contribution in [2.45, 2.75) is 32.7 Å². The lowest BCUT2D eigenvalue weighted by Gasteiger charge is -2.12. The van der Waals surface area contributed by atoms with Gasteiger partial charge in [-0.3, -0.25) is 9.59 Å². The van der Waals surface area contributed by atoms with Crippen LogP contribution in [-0.2, 0) is 25.8 Å². The first-order valence-electron chi connectivity index (χ1n) is 8.39. The number of nitrogens with one attached hydrogen (secondary N) is 1. The quantitative estimate of drug-likeness (QED) is 0.465. The molecule has 1 aliphatic rings. The van der Waals surface area contributed by atoms with Crippen LogP contribution in [0.25, 0.3) is 11.0 Å². The van der Waals surface area contributed by atoms with Crippen molar-refractivity contribution in [1.29, 1.82) is 0 Å². The average molecular weight is 393 g/mol. The van der Waals surface area contributed by atoms with E-state index in [0.29, 0.717) is 17.4 Å². The molecule has 3 rings (SSSR count). The number of rotatable bonds is 4. The highest BCUT2D eigenvalue weighted by Crippen LogP contribution is 2.24. The number of hydrogen-bond acceptors (Lipinski definition) is 7. The van der Waals surface area contributed by atoms with Gasteiger partial charge in [-0.1, -0.05) is 0 Å². The second kappa shape index (κ2) is 7.15. The Morgan fingerprint density at radius 3 is 2.70 bits per heavy atom. The topological polar surface area (TPSA) is 120 Å². The Bertz CT molecular complexity index is 1080. The molecular weight excluding hydrogens is 374 g/mol. The van der Waals surface area contributed by atoms with E-state index in [4.69, 9.17) is 9.15 Å². The van der Waals surface area contributed by atoms with Crippen molar-refractivity contribution in [3.05, 3.63) is 39.7 Å². The number of esters is 1. The minimum atomic E-state index is -3.10. The van der Waals surface area contributed by atoms with E-state index in [1.54, 1.807) is 19.1 Å². The van der Waals surface area contributed by atoms with E-state index in [1.165, 1.54) is 13.0 Å². The van der Waals surface area contributed by atoms with Crippen LogP contribution in [0.15, 0.2) is 27.4 Å². The van der Waals surface area contributed by atoms with Crippen LogP contribution in [0.4, 0.5) is 0 Å². The smallest absolute Gasteiger partial charge is 0.340 e. The van der Waals surface area contributed by atoms with Gasteiger partial charge in [-0.15, -0.1) is 0 Å².